The van der Waals surface area contributed by atoms with Gasteiger partial charge in [0.15, 0.2) is 0 Å². The van der Waals surface area contributed by atoms with Crippen LogP contribution < -0.4 is 4.90 Å². The van der Waals surface area contributed by atoms with Crippen LogP contribution in [0.15, 0.2) is 24.3 Å². The van der Waals surface area contributed by atoms with Crippen LogP contribution in [0.4, 0.5) is 5.69 Å². The van der Waals surface area contributed by atoms with E-state index in [1.54, 1.807) is 7.11 Å². The summed E-state index contributed by atoms with van der Waals surface area (Å²) in [6.45, 7) is 9.36. The molecule has 2 fully saturated rings. The quantitative estimate of drug-likeness (QED) is 0.278. The van der Waals surface area contributed by atoms with Gasteiger partial charge in [-0.2, -0.15) is 0 Å². The maximum absolute atomic E-state index is 12.0. The van der Waals surface area contributed by atoms with Crippen LogP contribution in [-0.2, 0) is 11.3 Å². The van der Waals surface area contributed by atoms with Gasteiger partial charge in [-0.1, -0.05) is 31.4 Å². The zero-order valence-electron chi connectivity index (χ0n) is 24.4. The number of likely N-dealkylation sites (tertiary alicyclic amines) is 1. The molecule has 3 aliphatic rings. The molecular formula is C32H45Cl2N3O3S. The second-order valence-corrected chi connectivity index (χ2v) is 13.0. The molecule has 6 rings (SSSR count). The third-order valence-corrected chi connectivity index (χ3v) is 10.5. The van der Waals surface area contributed by atoms with Crippen molar-refractivity contribution in [3.05, 3.63) is 40.3 Å². The van der Waals surface area contributed by atoms with Gasteiger partial charge < -0.3 is 24.2 Å². The number of methoxy groups -OCH3 is 1. The summed E-state index contributed by atoms with van der Waals surface area (Å²) in [5.74, 6) is 0.444. The number of piperidine rings is 1. The minimum Gasteiger partial charge on any atom is -0.477 e. The second-order valence-electron chi connectivity index (χ2n) is 12.0. The normalized spacial score (nSPS) is 19.7. The topological polar surface area (TPSA) is 57.9 Å². The Labute approximate surface area is 260 Å². The molecule has 226 valence electrons. The minimum atomic E-state index is -0.809. The summed E-state index contributed by atoms with van der Waals surface area (Å²) in [6.07, 6.45) is 10.0. The molecule has 0 unspecified atom stereocenters. The molecule has 3 aromatic rings. The van der Waals surface area contributed by atoms with E-state index in [2.05, 4.69) is 39.5 Å². The van der Waals surface area contributed by atoms with Crippen molar-refractivity contribution in [2.75, 3.05) is 51.3 Å². The van der Waals surface area contributed by atoms with E-state index in [1.165, 1.54) is 102 Å². The standard InChI is InChI=1S/C32H43N3O3S.2ClH/c1-22-10-11-25-26(19-22)34(15-14-33-13-6-7-23(21-33)12-18-38-2)16-17-35-27-20-28(32(36)37)39-31(27)29(30(25)35)24-8-4-3-5-9-24;;/h10-11,19-20,23-24H,3-9,12-18,21H2,1-2H3,(H,36,37);2*1H/t23-;;/m0../s1. The van der Waals surface area contributed by atoms with E-state index >= 15 is 0 Å². The highest BCUT2D eigenvalue weighted by Crippen LogP contribution is 2.49. The van der Waals surface area contributed by atoms with Crippen molar-refractivity contribution in [3.63, 3.8) is 0 Å². The molecule has 4 heterocycles. The van der Waals surface area contributed by atoms with E-state index in [0.29, 0.717) is 10.8 Å². The molecule has 1 N–H and O–H groups in total. The maximum Gasteiger partial charge on any atom is 0.345 e. The molecule has 2 aromatic heterocycles. The number of ether oxygens (including phenoxy) is 1. The Hall–Kier alpha value is -1.77. The van der Waals surface area contributed by atoms with E-state index < -0.39 is 5.97 Å². The van der Waals surface area contributed by atoms with Crippen molar-refractivity contribution in [1.29, 1.82) is 0 Å². The monoisotopic (exact) mass is 621 g/mol. The molecule has 9 heteroatoms. The number of rotatable bonds is 8. The summed E-state index contributed by atoms with van der Waals surface area (Å²) in [4.78, 5) is 17.7. The number of aryl methyl sites for hydroxylation is 1. The molecule has 1 saturated carbocycles. The molecule has 2 aliphatic heterocycles. The van der Waals surface area contributed by atoms with Crippen LogP contribution >= 0.6 is 36.2 Å². The zero-order chi connectivity index (χ0) is 26.9. The van der Waals surface area contributed by atoms with Crippen LogP contribution in [0.2, 0.25) is 0 Å². The van der Waals surface area contributed by atoms with Crippen molar-refractivity contribution in [1.82, 2.24) is 9.47 Å². The Bertz CT molecular complexity index is 1330. The Kier molecular flexibility index (Phi) is 11.1. The fraction of sp³-hybridized carbons (Fsp3) is 0.594. The lowest BCUT2D eigenvalue weighted by Gasteiger charge is -2.35. The van der Waals surface area contributed by atoms with E-state index in [9.17, 15) is 9.90 Å². The van der Waals surface area contributed by atoms with Crippen LogP contribution in [0.5, 0.6) is 0 Å². The Morgan fingerprint density at radius 1 is 1.02 bits per heavy atom. The van der Waals surface area contributed by atoms with Gasteiger partial charge in [-0.25, -0.2) is 4.79 Å². The first-order valence-corrected chi connectivity index (χ1v) is 15.8. The SMILES string of the molecule is COCC[C@@H]1CCCN(CCN2CCn3c(c(C4CCCCC4)c4sc(C(=O)O)cc43)-c3ccc(C)cc32)C1.Cl.Cl. The number of benzene rings is 1. The molecule has 0 spiro atoms. The van der Waals surface area contributed by atoms with Gasteiger partial charge in [-0.15, -0.1) is 36.2 Å². The van der Waals surface area contributed by atoms with E-state index in [1.807, 2.05) is 6.07 Å². The Morgan fingerprint density at radius 2 is 1.83 bits per heavy atom. The lowest BCUT2D eigenvalue weighted by molar-refractivity contribution is 0.0702. The largest absolute Gasteiger partial charge is 0.477 e. The third-order valence-electron chi connectivity index (χ3n) is 9.36. The van der Waals surface area contributed by atoms with Gasteiger partial charge in [0.05, 0.1) is 15.9 Å². The first-order chi connectivity index (χ1) is 19.0. The number of carboxylic acids is 1. The number of nitrogens with zero attached hydrogens (tertiary/aromatic N) is 3. The summed E-state index contributed by atoms with van der Waals surface area (Å²) in [5.41, 5.74) is 7.88. The first kappa shape index (κ1) is 32.2. The molecule has 1 aromatic carbocycles. The molecule has 0 amide bonds. The number of thiophene rings is 1. The smallest absolute Gasteiger partial charge is 0.345 e. The number of hydrogen-bond donors (Lipinski definition) is 1. The van der Waals surface area contributed by atoms with Gasteiger partial charge >= 0.3 is 5.97 Å². The van der Waals surface area contributed by atoms with Crippen LogP contribution in [-0.4, -0.2) is 67.0 Å². The molecule has 1 aliphatic carbocycles. The minimum absolute atomic E-state index is 0. The fourth-order valence-electron chi connectivity index (χ4n) is 7.36. The van der Waals surface area contributed by atoms with Gasteiger partial charge in [0, 0.05) is 57.7 Å². The van der Waals surface area contributed by atoms with Gasteiger partial charge in [-0.05, 0) is 80.7 Å². The van der Waals surface area contributed by atoms with Crippen LogP contribution in [0.1, 0.15) is 78.1 Å². The van der Waals surface area contributed by atoms with Crippen LogP contribution in [0.25, 0.3) is 21.5 Å². The summed E-state index contributed by atoms with van der Waals surface area (Å²) < 4.78 is 9.04. The van der Waals surface area contributed by atoms with Crippen molar-refractivity contribution in [2.45, 2.75) is 70.8 Å². The van der Waals surface area contributed by atoms with E-state index in [0.717, 1.165) is 50.6 Å². The van der Waals surface area contributed by atoms with E-state index in [4.69, 9.17) is 4.74 Å². The van der Waals surface area contributed by atoms with Gasteiger partial charge in [0.1, 0.15) is 4.88 Å². The van der Waals surface area contributed by atoms with Gasteiger partial charge in [0.25, 0.3) is 0 Å². The summed E-state index contributed by atoms with van der Waals surface area (Å²) >= 11 is 1.49. The fourth-order valence-corrected chi connectivity index (χ4v) is 8.48. The first-order valence-electron chi connectivity index (χ1n) is 15.0. The van der Waals surface area contributed by atoms with Crippen molar-refractivity contribution in [2.24, 2.45) is 5.92 Å². The Balaban J connectivity index is 0.00000194. The molecule has 1 atom stereocenters. The third kappa shape index (κ3) is 6.59. The number of hydrogen-bond acceptors (Lipinski definition) is 5. The molecule has 6 nitrogen and oxygen atoms in total. The Morgan fingerprint density at radius 3 is 2.59 bits per heavy atom. The maximum atomic E-state index is 12.0. The molecule has 0 bridgehead atoms. The predicted octanol–water partition coefficient (Wildman–Crippen LogP) is 7.84. The number of halogens is 2. The average Bonchev–Trinajstić information content (AvgIpc) is 3.46. The summed E-state index contributed by atoms with van der Waals surface area (Å²) in [7, 11) is 1.81. The number of aromatic carboxylic acids is 1. The highest BCUT2D eigenvalue weighted by molar-refractivity contribution is 7.21. The van der Waals surface area contributed by atoms with E-state index in [-0.39, 0.29) is 24.8 Å². The molecule has 0 radical (unpaired) electrons. The number of carbonyl (C=O) groups is 1. The highest BCUT2D eigenvalue weighted by atomic mass is 35.5. The van der Waals surface area contributed by atoms with Gasteiger partial charge in [0.2, 0.25) is 0 Å². The summed E-state index contributed by atoms with van der Waals surface area (Å²) in [6, 6.07) is 8.92. The van der Waals surface area contributed by atoms with Gasteiger partial charge in [-0.3, -0.25) is 0 Å². The number of carboxylic acid groups (broad SMARTS) is 1. The molecular weight excluding hydrogens is 577 g/mol. The van der Waals surface area contributed by atoms with Crippen LogP contribution in [0, 0.1) is 12.8 Å². The number of aromatic nitrogens is 1. The lowest BCUT2D eigenvalue weighted by atomic mass is 9.83. The second kappa shape index (κ2) is 14.1. The molecule has 41 heavy (non-hydrogen) atoms. The zero-order valence-corrected chi connectivity index (χ0v) is 26.9. The number of fused-ring (bicyclic) bond motifs is 5. The summed E-state index contributed by atoms with van der Waals surface area (Å²) in [5, 5.41) is 9.84. The predicted molar refractivity (Wildman–Crippen MR) is 175 cm³/mol. The average molecular weight is 623 g/mol. The van der Waals surface area contributed by atoms with Crippen molar-refractivity contribution in [3.8, 4) is 11.3 Å². The van der Waals surface area contributed by atoms with Crippen LogP contribution in [0.3, 0.4) is 0 Å². The van der Waals surface area contributed by atoms with Crippen molar-refractivity contribution >= 4 is 58.0 Å². The highest BCUT2D eigenvalue weighted by Gasteiger charge is 2.32. The molecule has 1 saturated heterocycles. The number of anilines is 1. The lowest BCUT2D eigenvalue weighted by Crippen LogP contribution is -2.41. The van der Waals surface area contributed by atoms with Crippen molar-refractivity contribution < 1.29 is 14.6 Å².